The molecule has 2 rings (SSSR count). The van der Waals surface area contributed by atoms with Gasteiger partial charge in [-0.3, -0.25) is 4.98 Å². The molecule has 0 aromatic carbocycles. The first kappa shape index (κ1) is 7.78. The van der Waals surface area contributed by atoms with Crippen LogP contribution in [0.2, 0.25) is 0 Å². The number of pyridine rings is 1. The van der Waals surface area contributed by atoms with Gasteiger partial charge in [0.2, 0.25) is 0 Å². The maximum Gasteiger partial charge on any atom is 0.0305 e. The quantitative estimate of drug-likeness (QED) is 0.570. The topological polar surface area (TPSA) is 12.9 Å². The lowest BCUT2D eigenvalue weighted by molar-refractivity contribution is 0.425. The highest BCUT2D eigenvalue weighted by atomic mass is 14.6. The molecule has 0 bridgehead atoms. The summed E-state index contributed by atoms with van der Waals surface area (Å²) in [4.78, 5) is 4.18. The SMILES string of the molecule is C[C@H]1CCc2ccncc2[C@@H]1C. The number of aryl methyl sites for hydroxylation is 1. The Bertz CT molecular complexity index is 280. The number of hydrogen-bond acceptors (Lipinski definition) is 1. The Balaban J connectivity index is 2.42. The standard InChI is InChI=1S/C11H15N/c1-8-3-4-10-5-6-12-7-11(10)9(8)2/h5-9H,3-4H2,1-2H3/t8-,9+/m0/s1. The van der Waals surface area contributed by atoms with Crippen LogP contribution in [-0.2, 0) is 6.42 Å². The van der Waals surface area contributed by atoms with Crippen molar-refractivity contribution in [3.05, 3.63) is 29.6 Å². The monoisotopic (exact) mass is 161 g/mol. The third kappa shape index (κ3) is 1.13. The van der Waals surface area contributed by atoms with Crippen LogP contribution in [0.4, 0.5) is 0 Å². The van der Waals surface area contributed by atoms with E-state index in [2.05, 4.69) is 24.9 Å². The largest absolute Gasteiger partial charge is 0.264 e. The maximum absolute atomic E-state index is 4.18. The van der Waals surface area contributed by atoms with Crippen LogP contribution in [0.5, 0.6) is 0 Å². The summed E-state index contributed by atoms with van der Waals surface area (Å²) in [6.07, 6.45) is 6.51. The number of hydrogen-bond donors (Lipinski definition) is 0. The lowest BCUT2D eigenvalue weighted by Gasteiger charge is -2.27. The second-order valence-corrected chi connectivity index (χ2v) is 3.88. The zero-order valence-electron chi connectivity index (χ0n) is 7.75. The van der Waals surface area contributed by atoms with Crippen molar-refractivity contribution in [3.8, 4) is 0 Å². The summed E-state index contributed by atoms with van der Waals surface area (Å²) in [7, 11) is 0. The van der Waals surface area contributed by atoms with Gasteiger partial charge in [0.1, 0.15) is 0 Å². The van der Waals surface area contributed by atoms with E-state index in [-0.39, 0.29) is 0 Å². The van der Waals surface area contributed by atoms with E-state index in [1.807, 2.05) is 12.4 Å². The molecule has 1 nitrogen and oxygen atoms in total. The van der Waals surface area contributed by atoms with Gasteiger partial charge in [-0.1, -0.05) is 13.8 Å². The third-order valence-electron chi connectivity index (χ3n) is 3.16. The summed E-state index contributed by atoms with van der Waals surface area (Å²) >= 11 is 0. The molecule has 12 heavy (non-hydrogen) atoms. The summed E-state index contributed by atoms with van der Waals surface area (Å²) in [5.74, 6) is 1.52. The lowest BCUT2D eigenvalue weighted by Crippen LogP contribution is -2.15. The third-order valence-corrected chi connectivity index (χ3v) is 3.16. The van der Waals surface area contributed by atoms with Crippen molar-refractivity contribution in [3.63, 3.8) is 0 Å². The zero-order valence-corrected chi connectivity index (χ0v) is 7.75. The zero-order chi connectivity index (χ0) is 8.55. The van der Waals surface area contributed by atoms with Gasteiger partial charge in [0.25, 0.3) is 0 Å². The fraction of sp³-hybridized carbons (Fsp3) is 0.545. The predicted molar refractivity (Wildman–Crippen MR) is 50.1 cm³/mol. The molecule has 1 heterocycles. The summed E-state index contributed by atoms with van der Waals surface area (Å²) in [5.41, 5.74) is 2.98. The average Bonchev–Trinajstić information content (AvgIpc) is 2.12. The van der Waals surface area contributed by atoms with Crippen LogP contribution in [-0.4, -0.2) is 4.98 Å². The van der Waals surface area contributed by atoms with Gasteiger partial charge < -0.3 is 0 Å². The van der Waals surface area contributed by atoms with Crippen molar-refractivity contribution in [1.29, 1.82) is 0 Å². The van der Waals surface area contributed by atoms with Crippen molar-refractivity contribution in [2.75, 3.05) is 0 Å². The summed E-state index contributed by atoms with van der Waals surface area (Å²) in [5, 5.41) is 0. The van der Waals surface area contributed by atoms with E-state index in [0.717, 1.165) is 5.92 Å². The van der Waals surface area contributed by atoms with Gasteiger partial charge in [-0.2, -0.15) is 0 Å². The molecule has 0 N–H and O–H groups in total. The lowest BCUT2D eigenvalue weighted by atomic mass is 9.78. The maximum atomic E-state index is 4.18. The minimum Gasteiger partial charge on any atom is -0.264 e. The second-order valence-electron chi connectivity index (χ2n) is 3.88. The van der Waals surface area contributed by atoms with Crippen LogP contribution in [0, 0.1) is 5.92 Å². The Morgan fingerprint density at radius 2 is 2.25 bits per heavy atom. The van der Waals surface area contributed by atoms with Crippen molar-refractivity contribution >= 4 is 0 Å². The van der Waals surface area contributed by atoms with Crippen molar-refractivity contribution < 1.29 is 0 Å². The fourth-order valence-electron chi connectivity index (χ4n) is 2.01. The van der Waals surface area contributed by atoms with E-state index >= 15 is 0 Å². The molecule has 0 saturated carbocycles. The van der Waals surface area contributed by atoms with Gasteiger partial charge >= 0.3 is 0 Å². The molecular weight excluding hydrogens is 146 g/mol. The molecule has 0 fully saturated rings. The highest BCUT2D eigenvalue weighted by Gasteiger charge is 2.22. The van der Waals surface area contributed by atoms with Crippen LogP contribution in [0.1, 0.15) is 37.3 Å². The van der Waals surface area contributed by atoms with E-state index in [1.54, 1.807) is 0 Å². The summed E-state index contributed by atoms with van der Waals surface area (Å²) in [6.45, 7) is 4.64. The second kappa shape index (κ2) is 2.89. The first-order chi connectivity index (χ1) is 5.79. The van der Waals surface area contributed by atoms with E-state index in [4.69, 9.17) is 0 Å². The number of fused-ring (bicyclic) bond motifs is 1. The molecule has 0 radical (unpaired) electrons. The molecule has 1 aliphatic carbocycles. The Kier molecular flexibility index (Phi) is 1.87. The minimum atomic E-state index is 0.697. The molecule has 0 spiro atoms. The number of nitrogens with zero attached hydrogens (tertiary/aromatic N) is 1. The molecule has 1 aromatic heterocycles. The highest BCUT2D eigenvalue weighted by molar-refractivity contribution is 5.29. The van der Waals surface area contributed by atoms with Crippen LogP contribution in [0.25, 0.3) is 0 Å². The van der Waals surface area contributed by atoms with Gasteiger partial charge in [0.15, 0.2) is 0 Å². The summed E-state index contributed by atoms with van der Waals surface area (Å²) < 4.78 is 0. The predicted octanol–water partition coefficient (Wildman–Crippen LogP) is 2.77. The Morgan fingerprint density at radius 1 is 1.42 bits per heavy atom. The van der Waals surface area contributed by atoms with E-state index in [1.165, 1.54) is 24.0 Å². The highest BCUT2D eigenvalue weighted by Crippen LogP contribution is 2.34. The summed E-state index contributed by atoms with van der Waals surface area (Å²) in [6, 6.07) is 2.16. The molecule has 2 atom stereocenters. The first-order valence-corrected chi connectivity index (χ1v) is 4.72. The smallest absolute Gasteiger partial charge is 0.0305 e. The van der Waals surface area contributed by atoms with Gasteiger partial charge in [-0.05, 0) is 41.9 Å². The molecule has 0 aliphatic heterocycles. The van der Waals surface area contributed by atoms with Gasteiger partial charge in [0, 0.05) is 12.4 Å². The van der Waals surface area contributed by atoms with Crippen molar-refractivity contribution in [2.24, 2.45) is 5.92 Å². The van der Waals surface area contributed by atoms with Gasteiger partial charge in [0.05, 0.1) is 0 Å². The Labute approximate surface area is 73.8 Å². The van der Waals surface area contributed by atoms with Gasteiger partial charge in [-0.15, -0.1) is 0 Å². The van der Waals surface area contributed by atoms with Gasteiger partial charge in [-0.25, -0.2) is 0 Å². The van der Waals surface area contributed by atoms with Crippen molar-refractivity contribution in [1.82, 2.24) is 4.98 Å². The number of rotatable bonds is 0. The molecule has 1 aliphatic rings. The van der Waals surface area contributed by atoms with Crippen LogP contribution in [0.15, 0.2) is 18.5 Å². The number of aromatic nitrogens is 1. The van der Waals surface area contributed by atoms with E-state index in [9.17, 15) is 0 Å². The van der Waals surface area contributed by atoms with Crippen molar-refractivity contribution in [2.45, 2.75) is 32.6 Å². The molecule has 1 aromatic rings. The molecule has 64 valence electrons. The van der Waals surface area contributed by atoms with Crippen LogP contribution < -0.4 is 0 Å². The molecular formula is C11H15N. The molecule has 0 amide bonds. The Hall–Kier alpha value is -0.850. The molecule has 1 heteroatoms. The minimum absolute atomic E-state index is 0.697. The van der Waals surface area contributed by atoms with E-state index in [0.29, 0.717) is 5.92 Å². The van der Waals surface area contributed by atoms with Crippen LogP contribution >= 0.6 is 0 Å². The van der Waals surface area contributed by atoms with Crippen LogP contribution in [0.3, 0.4) is 0 Å². The molecule has 0 saturated heterocycles. The first-order valence-electron chi connectivity index (χ1n) is 4.72. The van der Waals surface area contributed by atoms with E-state index < -0.39 is 0 Å². The normalized spacial score (nSPS) is 28.2. The Morgan fingerprint density at radius 3 is 3.08 bits per heavy atom. The molecule has 0 unspecified atom stereocenters. The fourth-order valence-corrected chi connectivity index (χ4v) is 2.01. The average molecular weight is 161 g/mol.